The summed E-state index contributed by atoms with van der Waals surface area (Å²) in [5, 5.41) is 9.47. The third kappa shape index (κ3) is 2.16. The number of aliphatic hydroxyl groups excluding tert-OH is 1. The number of nitrogens with zero attached hydrogens (tertiary/aromatic N) is 2. The summed E-state index contributed by atoms with van der Waals surface area (Å²) < 4.78 is 0. The van der Waals surface area contributed by atoms with Crippen LogP contribution in [0.1, 0.15) is 19.8 Å². The molecule has 2 heterocycles. The van der Waals surface area contributed by atoms with Gasteiger partial charge in [-0.3, -0.25) is 4.79 Å². The number of likely N-dealkylation sites (tertiary alicyclic amines) is 2. The molecular formula is C11H20N2O2. The van der Waals surface area contributed by atoms with E-state index < -0.39 is 6.10 Å². The standard InChI is InChI=1S/C11H20N2O2/c1-8-6-12(2)4-3-10(8)13-7-9(14)5-11(13)15/h8-10,14H,3-7H2,1-2H3. The lowest BCUT2D eigenvalue weighted by Crippen LogP contribution is -2.49. The van der Waals surface area contributed by atoms with Gasteiger partial charge < -0.3 is 14.9 Å². The molecule has 0 aromatic rings. The molecule has 0 radical (unpaired) electrons. The van der Waals surface area contributed by atoms with Crippen LogP contribution in [-0.2, 0) is 4.79 Å². The van der Waals surface area contributed by atoms with Crippen LogP contribution in [0, 0.1) is 5.92 Å². The Balaban J connectivity index is 2.01. The molecule has 2 saturated heterocycles. The van der Waals surface area contributed by atoms with Crippen LogP contribution in [-0.4, -0.2) is 59.6 Å². The minimum absolute atomic E-state index is 0.129. The second-order valence-electron chi connectivity index (χ2n) is 5.00. The zero-order valence-corrected chi connectivity index (χ0v) is 9.52. The van der Waals surface area contributed by atoms with E-state index in [0.29, 0.717) is 24.9 Å². The van der Waals surface area contributed by atoms with E-state index in [4.69, 9.17) is 0 Å². The largest absolute Gasteiger partial charge is 0.391 e. The smallest absolute Gasteiger partial charge is 0.225 e. The first-order chi connectivity index (χ1) is 7.08. The monoisotopic (exact) mass is 212 g/mol. The predicted octanol–water partition coefficient (Wildman–Crippen LogP) is -0.0802. The Morgan fingerprint density at radius 2 is 2.13 bits per heavy atom. The number of β-amino-alcohol motifs (C(OH)–C–C–N with tert-alkyl or cyclic N) is 1. The number of carbonyl (C=O) groups is 1. The first-order valence-electron chi connectivity index (χ1n) is 5.74. The van der Waals surface area contributed by atoms with Crippen LogP contribution in [0.25, 0.3) is 0 Å². The van der Waals surface area contributed by atoms with Crippen molar-refractivity contribution >= 4 is 5.91 Å². The van der Waals surface area contributed by atoms with Crippen LogP contribution >= 0.6 is 0 Å². The number of piperidine rings is 1. The van der Waals surface area contributed by atoms with Gasteiger partial charge in [0.1, 0.15) is 0 Å². The van der Waals surface area contributed by atoms with E-state index in [9.17, 15) is 9.90 Å². The Hall–Kier alpha value is -0.610. The van der Waals surface area contributed by atoms with Crippen LogP contribution in [0.3, 0.4) is 0 Å². The van der Waals surface area contributed by atoms with Gasteiger partial charge in [0.2, 0.25) is 5.91 Å². The predicted molar refractivity (Wildman–Crippen MR) is 57.4 cm³/mol. The van der Waals surface area contributed by atoms with E-state index in [1.807, 2.05) is 4.90 Å². The first kappa shape index (κ1) is 10.9. The Morgan fingerprint density at radius 3 is 2.67 bits per heavy atom. The van der Waals surface area contributed by atoms with Gasteiger partial charge in [0.15, 0.2) is 0 Å². The fourth-order valence-corrected chi connectivity index (χ4v) is 2.84. The quantitative estimate of drug-likeness (QED) is 0.661. The summed E-state index contributed by atoms with van der Waals surface area (Å²) in [4.78, 5) is 15.9. The molecule has 2 rings (SSSR count). The molecule has 4 heteroatoms. The molecule has 0 bridgehead atoms. The van der Waals surface area contributed by atoms with Gasteiger partial charge in [0.05, 0.1) is 12.5 Å². The highest BCUT2D eigenvalue weighted by atomic mass is 16.3. The third-order valence-corrected chi connectivity index (χ3v) is 3.60. The average Bonchev–Trinajstić information content (AvgIpc) is 2.45. The number of hydrogen-bond acceptors (Lipinski definition) is 3. The molecule has 1 N–H and O–H groups in total. The first-order valence-corrected chi connectivity index (χ1v) is 5.74. The van der Waals surface area contributed by atoms with Crippen molar-refractivity contribution < 1.29 is 9.90 Å². The molecule has 86 valence electrons. The average molecular weight is 212 g/mol. The Bertz CT molecular complexity index is 257. The van der Waals surface area contributed by atoms with Gasteiger partial charge in [-0.05, 0) is 25.9 Å². The molecule has 0 aromatic carbocycles. The second-order valence-corrected chi connectivity index (χ2v) is 5.00. The molecule has 1 amide bonds. The molecule has 2 aliphatic rings. The lowest BCUT2D eigenvalue weighted by molar-refractivity contribution is -0.131. The van der Waals surface area contributed by atoms with Crippen LogP contribution in [0.4, 0.5) is 0 Å². The van der Waals surface area contributed by atoms with Gasteiger partial charge in [-0.15, -0.1) is 0 Å². The van der Waals surface area contributed by atoms with E-state index in [0.717, 1.165) is 19.5 Å². The number of hydrogen-bond donors (Lipinski definition) is 1. The highest BCUT2D eigenvalue weighted by Gasteiger charge is 2.37. The van der Waals surface area contributed by atoms with Crippen molar-refractivity contribution in [2.75, 3.05) is 26.7 Å². The summed E-state index contributed by atoms with van der Waals surface area (Å²) in [5.74, 6) is 0.641. The minimum atomic E-state index is -0.440. The van der Waals surface area contributed by atoms with Gasteiger partial charge >= 0.3 is 0 Å². The summed E-state index contributed by atoms with van der Waals surface area (Å²) in [6.45, 7) is 4.83. The van der Waals surface area contributed by atoms with Gasteiger partial charge in [-0.25, -0.2) is 0 Å². The summed E-state index contributed by atoms with van der Waals surface area (Å²) >= 11 is 0. The van der Waals surface area contributed by atoms with Crippen molar-refractivity contribution in [3.05, 3.63) is 0 Å². The van der Waals surface area contributed by atoms with Crippen LogP contribution in [0.5, 0.6) is 0 Å². The fourth-order valence-electron chi connectivity index (χ4n) is 2.84. The molecule has 3 atom stereocenters. The highest BCUT2D eigenvalue weighted by molar-refractivity contribution is 5.79. The fraction of sp³-hybridized carbons (Fsp3) is 0.909. The molecule has 2 fully saturated rings. The van der Waals surface area contributed by atoms with Crippen molar-refractivity contribution in [2.24, 2.45) is 5.92 Å². The minimum Gasteiger partial charge on any atom is -0.391 e. The van der Waals surface area contributed by atoms with Crippen LogP contribution in [0.15, 0.2) is 0 Å². The number of carbonyl (C=O) groups excluding carboxylic acids is 1. The molecule has 0 aromatic heterocycles. The molecular weight excluding hydrogens is 192 g/mol. The maximum atomic E-state index is 11.7. The van der Waals surface area contributed by atoms with Gasteiger partial charge in [0.25, 0.3) is 0 Å². The lowest BCUT2D eigenvalue weighted by Gasteiger charge is -2.39. The number of rotatable bonds is 1. The van der Waals surface area contributed by atoms with E-state index in [2.05, 4.69) is 18.9 Å². The molecule has 3 unspecified atom stereocenters. The summed E-state index contributed by atoms with van der Waals surface area (Å²) in [5.41, 5.74) is 0. The van der Waals surface area contributed by atoms with Crippen molar-refractivity contribution in [1.29, 1.82) is 0 Å². The zero-order valence-electron chi connectivity index (χ0n) is 9.52. The van der Waals surface area contributed by atoms with Crippen LogP contribution in [0.2, 0.25) is 0 Å². The van der Waals surface area contributed by atoms with E-state index in [1.165, 1.54) is 0 Å². The van der Waals surface area contributed by atoms with Gasteiger partial charge in [0, 0.05) is 19.1 Å². The molecule has 0 spiro atoms. The molecule has 0 aliphatic carbocycles. The van der Waals surface area contributed by atoms with E-state index in [-0.39, 0.29) is 5.91 Å². The maximum Gasteiger partial charge on any atom is 0.225 e. The molecule has 4 nitrogen and oxygen atoms in total. The summed E-state index contributed by atoms with van der Waals surface area (Å²) in [7, 11) is 2.12. The summed E-state index contributed by atoms with van der Waals surface area (Å²) in [6.07, 6.45) is 0.916. The number of amides is 1. The topological polar surface area (TPSA) is 43.8 Å². The van der Waals surface area contributed by atoms with Crippen molar-refractivity contribution in [3.63, 3.8) is 0 Å². The zero-order chi connectivity index (χ0) is 11.0. The SMILES string of the molecule is CC1CN(C)CCC1N1CC(O)CC1=O. The highest BCUT2D eigenvalue weighted by Crippen LogP contribution is 2.25. The second kappa shape index (κ2) is 4.10. The molecule has 15 heavy (non-hydrogen) atoms. The van der Waals surface area contributed by atoms with E-state index >= 15 is 0 Å². The molecule has 2 aliphatic heterocycles. The van der Waals surface area contributed by atoms with Gasteiger partial charge in [-0.2, -0.15) is 0 Å². The van der Waals surface area contributed by atoms with Gasteiger partial charge in [-0.1, -0.05) is 6.92 Å². The van der Waals surface area contributed by atoms with Crippen molar-refractivity contribution in [3.8, 4) is 0 Å². The lowest BCUT2D eigenvalue weighted by atomic mass is 9.93. The van der Waals surface area contributed by atoms with Crippen LogP contribution < -0.4 is 0 Å². The maximum absolute atomic E-state index is 11.7. The molecule has 0 saturated carbocycles. The van der Waals surface area contributed by atoms with Crippen molar-refractivity contribution in [1.82, 2.24) is 9.80 Å². The Morgan fingerprint density at radius 1 is 1.40 bits per heavy atom. The number of aliphatic hydroxyl groups is 1. The Kier molecular flexibility index (Phi) is 2.98. The normalized spacial score (nSPS) is 38.7. The van der Waals surface area contributed by atoms with Crippen molar-refractivity contribution in [2.45, 2.75) is 31.9 Å². The van der Waals surface area contributed by atoms with E-state index in [1.54, 1.807) is 0 Å². The third-order valence-electron chi connectivity index (χ3n) is 3.60. The Labute approximate surface area is 90.9 Å². The summed E-state index contributed by atoms with van der Waals surface area (Å²) in [6, 6.07) is 0.339.